The first kappa shape index (κ1) is 23.5. The Morgan fingerprint density at radius 2 is 1.88 bits per heavy atom. The molecule has 0 unspecified atom stereocenters. The summed E-state index contributed by atoms with van der Waals surface area (Å²) in [6.07, 6.45) is 1.80. The van der Waals surface area contributed by atoms with Crippen LogP contribution in [0.4, 0.5) is 4.39 Å². The minimum Gasteiger partial charge on any atom is -0.491 e. The van der Waals surface area contributed by atoms with Crippen molar-refractivity contribution in [2.24, 2.45) is 0 Å². The van der Waals surface area contributed by atoms with Crippen LogP contribution in [0.3, 0.4) is 0 Å². The second-order valence-electron chi connectivity index (χ2n) is 7.89. The lowest BCUT2D eigenvalue weighted by Gasteiger charge is -2.25. The van der Waals surface area contributed by atoms with Gasteiger partial charge in [-0.15, -0.1) is 0 Å². The summed E-state index contributed by atoms with van der Waals surface area (Å²) in [4.78, 5) is 4.14. The van der Waals surface area contributed by atoms with Crippen molar-refractivity contribution in [2.75, 3.05) is 13.2 Å². The van der Waals surface area contributed by atoms with Crippen molar-refractivity contribution in [1.82, 2.24) is 9.55 Å². The van der Waals surface area contributed by atoms with E-state index in [-0.39, 0.29) is 13.2 Å². The Kier molecular flexibility index (Phi) is 7.31. The summed E-state index contributed by atoms with van der Waals surface area (Å²) in [7, 11) is 0. The second-order valence-corrected chi connectivity index (χ2v) is 7.89. The van der Waals surface area contributed by atoms with Gasteiger partial charge in [0.25, 0.3) is 0 Å². The van der Waals surface area contributed by atoms with Crippen LogP contribution in [-0.2, 0) is 5.54 Å². The maximum absolute atomic E-state index is 14.5. The molecule has 6 nitrogen and oxygen atoms in total. The third-order valence-electron chi connectivity index (χ3n) is 4.99. The molecule has 0 amide bonds. The van der Waals surface area contributed by atoms with Gasteiger partial charge < -0.3 is 24.6 Å². The predicted octanol–water partition coefficient (Wildman–Crippen LogP) is 3.26. The van der Waals surface area contributed by atoms with Crippen LogP contribution in [0.25, 0.3) is 11.1 Å². The molecule has 0 saturated heterocycles. The van der Waals surface area contributed by atoms with Crippen LogP contribution in [0.5, 0.6) is 5.75 Å². The Morgan fingerprint density at radius 1 is 1.16 bits per heavy atom. The third-order valence-corrected chi connectivity index (χ3v) is 4.99. The van der Waals surface area contributed by atoms with Crippen LogP contribution in [0, 0.1) is 17.7 Å². The molecule has 3 atom stereocenters. The highest BCUT2D eigenvalue weighted by Crippen LogP contribution is 2.27. The number of hydrogen-bond acceptors (Lipinski definition) is 5. The number of aromatic nitrogens is 2. The molecule has 32 heavy (non-hydrogen) atoms. The molecule has 2 aromatic carbocycles. The highest BCUT2D eigenvalue weighted by atomic mass is 19.1. The maximum atomic E-state index is 14.5. The van der Waals surface area contributed by atoms with Crippen LogP contribution in [0.15, 0.2) is 54.9 Å². The molecule has 1 heterocycles. The van der Waals surface area contributed by atoms with Crippen molar-refractivity contribution in [2.45, 2.75) is 38.5 Å². The van der Waals surface area contributed by atoms with Gasteiger partial charge in [0, 0.05) is 29.6 Å². The van der Waals surface area contributed by atoms with Crippen molar-refractivity contribution in [1.29, 1.82) is 0 Å². The van der Waals surface area contributed by atoms with E-state index in [1.807, 2.05) is 0 Å². The van der Waals surface area contributed by atoms with Crippen LogP contribution >= 0.6 is 0 Å². The van der Waals surface area contributed by atoms with E-state index in [1.165, 1.54) is 6.07 Å². The third kappa shape index (κ3) is 5.35. The van der Waals surface area contributed by atoms with Gasteiger partial charge in [-0.1, -0.05) is 24.0 Å². The van der Waals surface area contributed by atoms with Gasteiger partial charge in [0.1, 0.15) is 35.6 Å². The Balaban J connectivity index is 1.81. The molecule has 0 saturated carbocycles. The minimum absolute atomic E-state index is 0.0939. The van der Waals surface area contributed by atoms with Crippen molar-refractivity contribution in [3.8, 4) is 28.7 Å². The monoisotopic (exact) mass is 438 g/mol. The van der Waals surface area contributed by atoms with E-state index in [0.29, 0.717) is 28.3 Å². The molecule has 0 aliphatic rings. The Bertz CT molecular complexity index is 1110. The largest absolute Gasteiger partial charge is 0.491 e. The fraction of sp³-hybridized carbons (Fsp3) is 0.320. The fourth-order valence-corrected chi connectivity index (χ4v) is 3.19. The first-order valence-electron chi connectivity index (χ1n) is 10.3. The smallest absolute Gasteiger partial charge is 0.138 e. The minimum atomic E-state index is -0.963. The average Bonchev–Trinajstić information content (AvgIpc) is 3.28. The average molecular weight is 438 g/mol. The quantitative estimate of drug-likeness (QED) is 0.493. The van der Waals surface area contributed by atoms with Crippen molar-refractivity contribution < 1.29 is 24.4 Å². The lowest BCUT2D eigenvalue weighted by atomic mass is 10.0. The van der Waals surface area contributed by atoms with E-state index in [0.717, 1.165) is 0 Å². The van der Waals surface area contributed by atoms with Gasteiger partial charge in [-0.05, 0) is 50.6 Å². The molecule has 3 rings (SSSR count). The van der Waals surface area contributed by atoms with Crippen LogP contribution in [-0.4, -0.2) is 44.2 Å². The second kappa shape index (κ2) is 9.96. The van der Waals surface area contributed by atoms with E-state index in [9.17, 15) is 19.7 Å². The molecule has 3 aromatic rings. The molecule has 7 heteroatoms. The summed E-state index contributed by atoms with van der Waals surface area (Å²) in [6, 6.07) is 11.7. The van der Waals surface area contributed by atoms with E-state index in [2.05, 4.69) is 16.8 Å². The van der Waals surface area contributed by atoms with Gasteiger partial charge in [-0.25, -0.2) is 9.37 Å². The highest BCUT2D eigenvalue weighted by Gasteiger charge is 2.27. The molecule has 0 aliphatic heterocycles. The number of rotatable bonds is 7. The molecule has 0 radical (unpaired) electrons. The van der Waals surface area contributed by atoms with E-state index in [1.54, 1.807) is 74.1 Å². The van der Waals surface area contributed by atoms with Crippen LogP contribution < -0.4 is 4.74 Å². The molecule has 0 fully saturated rings. The Morgan fingerprint density at radius 3 is 2.47 bits per heavy atom. The van der Waals surface area contributed by atoms with Gasteiger partial charge in [0.05, 0.1) is 12.7 Å². The number of nitrogens with zero attached hydrogens (tertiary/aromatic N) is 2. The van der Waals surface area contributed by atoms with E-state index >= 15 is 0 Å². The molecular formula is C25H27FN2O4. The molecule has 3 N–H and O–H groups in total. The first-order valence-corrected chi connectivity index (χ1v) is 10.3. The van der Waals surface area contributed by atoms with Crippen LogP contribution in [0.2, 0.25) is 0 Å². The zero-order valence-electron chi connectivity index (χ0n) is 18.3. The SMILES string of the molecule is C[C@H](O)COc1ccc(-c2ccc(C#C[C@](C)(CO)n3ccnc3[C@H](C)O)cc2)c(F)c1. The van der Waals surface area contributed by atoms with E-state index < -0.39 is 23.6 Å². The van der Waals surface area contributed by atoms with Gasteiger partial charge in [0.2, 0.25) is 0 Å². The number of aliphatic hydroxyl groups is 3. The van der Waals surface area contributed by atoms with Gasteiger partial charge in [0.15, 0.2) is 0 Å². The summed E-state index contributed by atoms with van der Waals surface area (Å²) in [5.41, 5.74) is 0.847. The summed E-state index contributed by atoms with van der Waals surface area (Å²) in [5.74, 6) is 6.45. The number of ether oxygens (including phenoxy) is 1. The van der Waals surface area contributed by atoms with Gasteiger partial charge in [-0.2, -0.15) is 0 Å². The van der Waals surface area contributed by atoms with E-state index in [4.69, 9.17) is 4.74 Å². The summed E-state index contributed by atoms with van der Waals surface area (Å²) < 4.78 is 21.5. The van der Waals surface area contributed by atoms with Crippen molar-refractivity contribution >= 4 is 0 Å². The highest BCUT2D eigenvalue weighted by molar-refractivity contribution is 5.66. The van der Waals surface area contributed by atoms with Crippen LogP contribution in [0.1, 0.15) is 38.3 Å². The Labute approximate surface area is 186 Å². The van der Waals surface area contributed by atoms with Crippen molar-refractivity contribution in [3.05, 3.63) is 72.1 Å². The zero-order valence-corrected chi connectivity index (χ0v) is 18.3. The zero-order chi connectivity index (χ0) is 23.3. The summed E-state index contributed by atoms with van der Waals surface area (Å²) >= 11 is 0. The number of benzene rings is 2. The molecule has 0 aliphatic carbocycles. The molecule has 0 spiro atoms. The van der Waals surface area contributed by atoms with Gasteiger partial charge >= 0.3 is 0 Å². The molecule has 168 valence electrons. The predicted molar refractivity (Wildman–Crippen MR) is 119 cm³/mol. The first-order chi connectivity index (χ1) is 15.2. The fourth-order valence-electron chi connectivity index (χ4n) is 3.19. The maximum Gasteiger partial charge on any atom is 0.138 e. The molecular weight excluding hydrogens is 411 g/mol. The lowest BCUT2D eigenvalue weighted by molar-refractivity contribution is 0.122. The lowest BCUT2D eigenvalue weighted by Crippen LogP contribution is -2.34. The molecule has 1 aromatic heterocycles. The summed E-state index contributed by atoms with van der Waals surface area (Å²) in [6.45, 7) is 4.80. The van der Waals surface area contributed by atoms with Crippen molar-refractivity contribution in [3.63, 3.8) is 0 Å². The topological polar surface area (TPSA) is 87.7 Å². The molecule has 0 bridgehead atoms. The standard InChI is InChI=1S/C25H27FN2O4/c1-17(30)15-32-21-8-9-22(23(26)14-21)20-6-4-19(5-7-20)10-11-25(3,16-29)28-13-12-27-24(28)18(2)31/h4-9,12-14,17-18,29-31H,15-16H2,1-3H3/t17-,18-,25+/m0/s1. The van der Waals surface area contributed by atoms with Gasteiger partial charge in [-0.3, -0.25) is 0 Å². The number of aliphatic hydroxyl groups excluding tert-OH is 3. The summed E-state index contributed by atoms with van der Waals surface area (Å²) in [5, 5.41) is 29.1. The number of halogens is 1. The Hall–Kier alpha value is -3.18. The number of hydrogen-bond donors (Lipinski definition) is 3. The number of imidazole rings is 1. The normalized spacial score (nSPS) is 14.7.